The van der Waals surface area contributed by atoms with Crippen molar-refractivity contribution in [3.8, 4) is 0 Å². The summed E-state index contributed by atoms with van der Waals surface area (Å²) >= 11 is 0. The topological polar surface area (TPSA) is 99.1 Å². The number of ketones is 1. The van der Waals surface area contributed by atoms with Gasteiger partial charge in [0.05, 0.1) is 23.7 Å². The molecular weight excluding hydrogens is 713 g/mol. The van der Waals surface area contributed by atoms with Crippen LogP contribution in [0, 0.1) is 52.8 Å². The van der Waals surface area contributed by atoms with E-state index in [-0.39, 0.29) is 70.8 Å². The lowest BCUT2D eigenvalue weighted by Crippen LogP contribution is -2.46. The predicted molar refractivity (Wildman–Crippen MR) is 243 cm³/mol. The maximum atomic E-state index is 14.1. The first-order valence-electron chi connectivity index (χ1n) is 23.5. The van der Waals surface area contributed by atoms with E-state index in [9.17, 15) is 19.5 Å². The number of hydrogen-bond donors (Lipinski definition) is 1. The Morgan fingerprint density at radius 3 is 1.96 bits per heavy atom. The van der Waals surface area contributed by atoms with E-state index >= 15 is 0 Å². The van der Waals surface area contributed by atoms with Crippen molar-refractivity contribution in [3.63, 3.8) is 0 Å². The highest BCUT2D eigenvalue weighted by Crippen LogP contribution is 2.50. The number of rotatable bonds is 20. The molecule has 1 saturated heterocycles. The van der Waals surface area contributed by atoms with Crippen molar-refractivity contribution in [1.82, 2.24) is 0 Å². The molecule has 0 aromatic carbocycles. The molecule has 0 amide bonds. The Morgan fingerprint density at radius 1 is 0.965 bits per heavy atom. The molecule has 13 atom stereocenters. The lowest BCUT2D eigenvalue weighted by atomic mass is 9.65. The fourth-order valence-electron chi connectivity index (χ4n) is 9.57. The number of hydrogen-bond acceptors (Lipinski definition) is 7. The van der Waals surface area contributed by atoms with Gasteiger partial charge in [0, 0.05) is 43.5 Å². The zero-order chi connectivity index (χ0) is 45.3. The third-order valence-corrected chi connectivity index (χ3v) is 13.8. The zero-order valence-corrected chi connectivity index (χ0v) is 41.7. The maximum Gasteiger partial charge on any atom is 0.309 e. The zero-order valence-electron chi connectivity index (χ0n) is 41.7. The summed E-state index contributed by atoms with van der Waals surface area (Å²) in [6.07, 6.45) is 11.9. The number of aliphatic hydroxyl groups is 1. The van der Waals surface area contributed by atoms with Gasteiger partial charge in [0.15, 0.2) is 0 Å². The van der Waals surface area contributed by atoms with Gasteiger partial charge < -0.3 is 19.3 Å². The molecule has 1 saturated carbocycles. The van der Waals surface area contributed by atoms with Crippen molar-refractivity contribution in [2.75, 3.05) is 14.2 Å². The third-order valence-electron chi connectivity index (χ3n) is 13.8. The number of aliphatic hydroxyl groups excluding tert-OH is 1. The highest BCUT2D eigenvalue weighted by molar-refractivity contribution is 5.85. The molecule has 7 nitrogen and oxygen atoms in total. The number of esters is 1. The fraction of sp³-hybridized carbons (Fsp3) is 0.920. The van der Waals surface area contributed by atoms with Crippen molar-refractivity contribution in [2.45, 2.75) is 232 Å². The number of ether oxygens (including phenoxy) is 3. The van der Waals surface area contributed by atoms with Crippen molar-refractivity contribution >= 4 is 17.7 Å². The van der Waals surface area contributed by atoms with Crippen molar-refractivity contribution in [3.05, 3.63) is 5.57 Å². The summed E-state index contributed by atoms with van der Waals surface area (Å²) in [5.41, 5.74) is -0.360. The van der Waals surface area contributed by atoms with Crippen LogP contribution in [0.1, 0.15) is 209 Å². The highest BCUT2D eigenvalue weighted by Gasteiger charge is 2.57. The molecule has 0 radical (unpaired) electrons. The molecule has 1 heterocycles. The summed E-state index contributed by atoms with van der Waals surface area (Å²) in [6, 6.07) is 0. The minimum Gasteiger partial charge on any atom is -0.459 e. The Morgan fingerprint density at radius 2 is 1.53 bits per heavy atom. The van der Waals surface area contributed by atoms with Gasteiger partial charge in [-0.3, -0.25) is 9.59 Å². The minimum atomic E-state index is -0.652. The van der Waals surface area contributed by atoms with Gasteiger partial charge >= 0.3 is 5.97 Å². The summed E-state index contributed by atoms with van der Waals surface area (Å²) in [6.45, 7) is 39.0. The number of Topliss-reactive ketones (excluding diaryl/α,β-unsaturated/α-hetero) is 1. The van der Waals surface area contributed by atoms with Crippen LogP contribution in [-0.4, -0.2) is 60.4 Å². The van der Waals surface area contributed by atoms with Crippen molar-refractivity contribution in [1.29, 1.82) is 0 Å². The summed E-state index contributed by atoms with van der Waals surface area (Å²) in [5.74, 6) is 1.82. The first kappa shape index (κ1) is 59.8. The molecule has 0 aromatic heterocycles. The second kappa shape index (κ2) is 30.5. The highest BCUT2D eigenvalue weighted by atomic mass is 16.6. The summed E-state index contributed by atoms with van der Waals surface area (Å²) in [5, 5.41) is 9.90. The Balaban J connectivity index is -0.00000143. The summed E-state index contributed by atoms with van der Waals surface area (Å²) < 4.78 is 18.0. The molecule has 0 aromatic rings. The minimum absolute atomic E-state index is 0.0647. The maximum absolute atomic E-state index is 14.1. The van der Waals surface area contributed by atoms with Gasteiger partial charge in [0.2, 0.25) is 0 Å². The molecule has 1 aliphatic carbocycles. The molecule has 2 rings (SSSR count). The molecule has 57 heavy (non-hydrogen) atoms. The van der Waals surface area contributed by atoms with Crippen LogP contribution in [0.25, 0.3) is 0 Å². The molecule has 2 aliphatic rings. The van der Waals surface area contributed by atoms with Crippen LogP contribution >= 0.6 is 0 Å². The number of unbranched alkanes of at least 4 members (excludes halogenated alkanes) is 3. The lowest BCUT2D eigenvalue weighted by molar-refractivity contribution is -0.155. The van der Waals surface area contributed by atoms with Crippen LogP contribution in [0.15, 0.2) is 5.57 Å². The monoisotopic (exact) mass is 811 g/mol. The molecular formula is C50H98O7. The lowest BCUT2D eigenvalue weighted by Gasteiger charge is -2.41. The van der Waals surface area contributed by atoms with E-state index in [2.05, 4.69) is 55.4 Å². The van der Waals surface area contributed by atoms with Gasteiger partial charge in [-0.25, -0.2) is 4.79 Å². The SMILES string of the molecule is CC.CC.CC.CCCCCCC1C(=O)O[C@](C)([C@H](C)CC)[C@H]1C(C)C(=O)[C@H](C)C[C@](C)(C[C@@H](C)[C@H](OC)[C@@H](C)C(C)=C=O)OC.CC[C@]1(C)CCCC(C)[C@@H]1O. The molecule has 0 bridgehead atoms. The van der Waals surface area contributed by atoms with Gasteiger partial charge in [-0.1, -0.05) is 143 Å². The Kier molecular flexibility index (Phi) is 32.0. The number of methoxy groups -OCH3 is 2. The van der Waals surface area contributed by atoms with Crippen molar-refractivity contribution in [2.24, 2.45) is 52.8 Å². The van der Waals surface area contributed by atoms with Crippen LogP contribution < -0.4 is 0 Å². The average Bonchev–Trinajstić information content (AvgIpc) is 3.48. The quantitative estimate of drug-likeness (QED) is 0.0742. The van der Waals surface area contributed by atoms with Gasteiger partial charge in [-0.15, -0.1) is 0 Å². The third kappa shape index (κ3) is 17.5. The fourth-order valence-corrected chi connectivity index (χ4v) is 9.57. The molecule has 3 unspecified atom stereocenters. The van der Waals surface area contributed by atoms with E-state index in [4.69, 9.17) is 14.2 Å². The molecule has 340 valence electrons. The standard InChI is InChI=1S/C34H60O6.C10H20O.3C2H6/c1-13-15-16-17-18-28-29(34(10,25(6)14-2)40-32(28)37)27(8)30(36)22(3)19-33(9,39-12)20-23(4)31(38-11)26(7)24(5)21-35;1-4-10(3)7-5-6-8(2)9(10)11;3*1-2/h22-23,25-29,31H,13-20H2,1-12H3;8-9,11H,4-7H2,1-3H3;3*1-2H3/t22-,23-,25-,26+,27?,28?,29+,31+,33-,34-;8?,9-,10+;;;/m10.../s1. The molecule has 2 fully saturated rings. The predicted octanol–water partition coefficient (Wildman–Crippen LogP) is 13.3. The Labute approximate surface area is 355 Å². The van der Waals surface area contributed by atoms with Crippen LogP contribution in [-0.2, 0) is 28.6 Å². The molecule has 1 N–H and O–H groups in total. The van der Waals surface area contributed by atoms with E-state index in [0.29, 0.717) is 24.3 Å². The second-order valence-electron chi connectivity index (χ2n) is 17.6. The first-order chi connectivity index (χ1) is 26.8. The van der Waals surface area contributed by atoms with Crippen LogP contribution in [0.2, 0.25) is 0 Å². The molecule has 1 aliphatic heterocycles. The normalized spacial score (nSPS) is 28.1. The van der Waals surface area contributed by atoms with Gasteiger partial charge in [0.25, 0.3) is 0 Å². The molecule has 0 spiro atoms. The van der Waals surface area contributed by atoms with Gasteiger partial charge in [0.1, 0.15) is 17.3 Å². The first-order valence-corrected chi connectivity index (χ1v) is 23.5. The Bertz CT molecular complexity index is 1120. The largest absolute Gasteiger partial charge is 0.459 e. The van der Waals surface area contributed by atoms with E-state index < -0.39 is 11.2 Å². The van der Waals surface area contributed by atoms with Crippen molar-refractivity contribution < 1.29 is 33.7 Å². The second-order valence-corrected chi connectivity index (χ2v) is 17.6. The number of carbonyl (C=O) groups is 2. The van der Waals surface area contributed by atoms with Crippen LogP contribution in [0.4, 0.5) is 0 Å². The average molecular weight is 811 g/mol. The van der Waals surface area contributed by atoms with Crippen LogP contribution in [0.3, 0.4) is 0 Å². The van der Waals surface area contributed by atoms with E-state index in [1.807, 2.05) is 75.2 Å². The Hall–Kier alpha value is -1.53. The number of carbonyl (C=O) groups excluding carboxylic acids is 3. The van der Waals surface area contributed by atoms with Gasteiger partial charge in [-0.2, -0.15) is 0 Å². The summed E-state index contributed by atoms with van der Waals surface area (Å²) in [7, 11) is 3.37. The van der Waals surface area contributed by atoms with E-state index in [0.717, 1.165) is 44.9 Å². The van der Waals surface area contributed by atoms with Gasteiger partial charge in [-0.05, 0) is 88.9 Å². The number of cyclic esters (lactones) is 1. The van der Waals surface area contributed by atoms with Crippen LogP contribution in [0.5, 0.6) is 0 Å². The van der Waals surface area contributed by atoms with E-state index in [1.54, 1.807) is 21.1 Å². The van der Waals surface area contributed by atoms with E-state index in [1.165, 1.54) is 19.3 Å². The smallest absolute Gasteiger partial charge is 0.309 e. The molecule has 7 heteroatoms. The summed E-state index contributed by atoms with van der Waals surface area (Å²) in [4.78, 5) is 38.5.